The second-order valence-electron chi connectivity index (χ2n) is 37.3. The molecule has 0 spiro atoms. The van der Waals surface area contributed by atoms with Gasteiger partial charge in [0, 0.05) is 115 Å². The lowest BCUT2D eigenvalue weighted by molar-refractivity contribution is 0.668. The number of benzene rings is 21. The molecule has 0 aliphatic heterocycles. The Morgan fingerprint density at radius 1 is 0.100 bits per heavy atom. The zero-order valence-corrected chi connectivity index (χ0v) is 80.2. The van der Waals surface area contributed by atoms with Crippen molar-refractivity contribution in [2.45, 2.75) is 0 Å². The largest absolute Gasteiger partial charge is 0.456 e. The Morgan fingerprint density at radius 3 is 0.613 bits per heavy atom. The lowest BCUT2D eigenvalue weighted by atomic mass is 9.95. The Hall–Kier alpha value is -20.5. The third kappa shape index (κ3) is 16.2. The molecule has 9 heterocycles. The van der Waals surface area contributed by atoms with Crippen LogP contribution >= 0.6 is 0 Å². The summed E-state index contributed by atoms with van der Waals surface area (Å²) >= 11 is 0. The minimum absolute atomic E-state index is 0.580. The van der Waals surface area contributed by atoms with Gasteiger partial charge in [-0.15, -0.1) is 0 Å². The third-order valence-electron chi connectivity index (χ3n) is 28.0. The average molecular weight is 1930 g/mol. The van der Waals surface area contributed by atoms with Crippen LogP contribution < -0.4 is 0 Å². The number of rotatable bonds is 15. The molecule has 0 saturated carbocycles. The first-order valence-corrected chi connectivity index (χ1v) is 49.8. The maximum absolute atomic E-state index is 6.58. The van der Waals surface area contributed by atoms with Crippen molar-refractivity contribution >= 4 is 132 Å². The molecule has 0 aliphatic carbocycles. The van der Waals surface area contributed by atoms with E-state index in [1.54, 1.807) is 0 Å². The van der Waals surface area contributed by atoms with Crippen LogP contribution in [-0.4, -0.2) is 44.9 Å². The molecule has 0 unspecified atom stereocenters. The van der Waals surface area contributed by atoms with Gasteiger partial charge >= 0.3 is 0 Å². The lowest BCUT2D eigenvalue weighted by Gasteiger charge is -2.10. The number of aromatic nitrogens is 9. The molecule has 30 rings (SSSR count). The highest BCUT2D eigenvalue weighted by molar-refractivity contribution is 6.18. The second kappa shape index (κ2) is 37.0. The molecule has 0 amide bonds. The molecule has 21 aromatic carbocycles. The smallest absolute Gasteiger partial charge is 0.164 e. The van der Waals surface area contributed by atoms with Crippen LogP contribution in [0.2, 0.25) is 0 Å². The van der Waals surface area contributed by atoms with E-state index >= 15 is 0 Å². The van der Waals surface area contributed by atoms with Gasteiger partial charge in [-0.25, -0.2) is 44.9 Å². The summed E-state index contributed by atoms with van der Waals surface area (Å²) in [6.45, 7) is 0. The lowest BCUT2D eigenvalue weighted by Crippen LogP contribution is -2.00. The summed E-state index contributed by atoms with van der Waals surface area (Å²) in [5.41, 5.74) is 31.8. The number of furan rings is 6. The minimum Gasteiger partial charge on any atom is -0.456 e. The van der Waals surface area contributed by atoms with Crippen molar-refractivity contribution in [2.24, 2.45) is 0 Å². The van der Waals surface area contributed by atoms with Crippen molar-refractivity contribution in [2.75, 3.05) is 0 Å². The van der Waals surface area contributed by atoms with Crippen LogP contribution in [0.15, 0.2) is 518 Å². The molecular weight excluding hydrogens is 1840 g/mol. The van der Waals surface area contributed by atoms with Gasteiger partial charge in [-0.3, -0.25) is 0 Å². The fraction of sp³-hybridized carbons (Fsp3) is 0. The van der Waals surface area contributed by atoms with Crippen LogP contribution in [0.1, 0.15) is 0 Å². The van der Waals surface area contributed by atoms with Gasteiger partial charge in [0.05, 0.1) is 0 Å². The maximum Gasteiger partial charge on any atom is 0.164 e. The van der Waals surface area contributed by atoms with Crippen molar-refractivity contribution in [1.82, 2.24) is 44.9 Å². The van der Waals surface area contributed by atoms with Gasteiger partial charge in [-0.05, 0) is 194 Å². The first-order valence-electron chi connectivity index (χ1n) is 49.8. The monoisotopic (exact) mass is 1920 g/mol. The van der Waals surface area contributed by atoms with Gasteiger partial charge in [0.2, 0.25) is 0 Å². The molecule has 0 saturated heterocycles. The Bertz CT molecular complexity index is 10400. The number of hydrogen-bond acceptors (Lipinski definition) is 15. The average Bonchev–Trinajstić information content (AvgIpc) is 1.60. The Balaban J connectivity index is 0.000000109. The summed E-state index contributed by atoms with van der Waals surface area (Å²) < 4.78 is 37.8. The summed E-state index contributed by atoms with van der Waals surface area (Å²) in [7, 11) is 0. The molecule has 0 fully saturated rings. The summed E-state index contributed by atoms with van der Waals surface area (Å²) in [5.74, 6) is 5.50. The van der Waals surface area contributed by atoms with Crippen molar-refractivity contribution in [3.8, 4) is 169 Å². The van der Waals surface area contributed by atoms with Gasteiger partial charge in [0.25, 0.3) is 0 Å². The van der Waals surface area contributed by atoms with Crippen LogP contribution in [0, 0.1) is 0 Å². The van der Waals surface area contributed by atoms with E-state index in [2.05, 4.69) is 249 Å². The molecule has 9 aromatic heterocycles. The minimum atomic E-state index is 0.580. The summed E-state index contributed by atoms with van der Waals surface area (Å²) in [5, 5.41) is 13.0. The van der Waals surface area contributed by atoms with Gasteiger partial charge in [0.1, 0.15) is 67.0 Å². The van der Waals surface area contributed by atoms with Crippen LogP contribution in [0.3, 0.4) is 0 Å². The quantitative estimate of drug-likeness (QED) is 0.0939. The first kappa shape index (κ1) is 87.3. The van der Waals surface area contributed by atoms with Gasteiger partial charge in [0.15, 0.2) is 52.4 Å². The predicted octanol–water partition coefficient (Wildman–Crippen LogP) is 36.0. The highest BCUT2D eigenvalue weighted by atomic mass is 16.3. The first-order chi connectivity index (χ1) is 74.2. The number of para-hydroxylation sites is 3. The molecule has 0 N–H and O–H groups in total. The maximum atomic E-state index is 6.58. The number of nitrogens with zero attached hydrogens (tertiary/aromatic N) is 9. The highest BCUT2D eigenvalue weighted by Gasteiger charge is 2.25. The Labute approximate surface area is 857 Å². The van der Waals surface area contributed by atoms with Gasteiger partial charge in [-0.2, -0.15) is 0 Å². The van der Waals surface area contributed by atoms with E-state index < -0.39 is 0 Å². The SMILES string of the molecule is c1ccc(-c2cccc(-c3nc(-c4ccccc4)nc(-c4ccc5c(c4)oc4cccc(-c6cccc(-c7ccc8oc9ccccc9c8c7)c6)c45)n3)c2)cc1.c1ccc(-c2nc(-c3ccccc3)nc(-c3ccc4c(c3)oc3cccc(-c5ccc6oc7ccccc7c6c5)c34)n2)cc1.c1ccc(-c2nc(-c3ccccc3)nc(-c3ccc4c(c3)oc3cccc(-c5cccc(-c6ccc7oc8ccccc8c7c6)c5)c34)n2)cc1. The van der Waals surface area contributed by atoms with Crippen LogP contribution in [0.5, 0.6) is 0 Å². The molecule has 30 aromatic rings. The molecule has 702 valence electrons. The van der Waals surface area contributed by atoms with Crippen LogP contribution in [-0.2, 0) is 0 Å². The molecule has 0 atom stereocenters. The zero-order valence-electron chi connectivity index (χ0n) is 80.2. The van der Waals surface area contributed by atoms with E-state index in [0.717, 1.165) is 248 Å². The van der Waals surface area contributed by atoms with E-state index in [4.69, 9.17) is 71.4 Å². The molecule has 15 nitrogen and oxygen atoms in total. The van der Waals surface area contributed by atoms with Gasteiger partial charge in [-0.1, -0.05) is 364 Å². The van der Waals surface area contributed by atoms with E-state index in [1.165, 1.54) is 0 Å². The van der Waals surface area contributed by atoms with Crippen LogP contribution in [0.25, 0.3) is 301 Å². The van der Waals surface area contributed by atoms with Crippen molar-refractivity contribution < 1.29 is 26.5 Å². The van der Waals surface area contributed by atoms with E-state index in [-0.39, 0.29) is 0 Å². The molecule has 0 bridgehead atoms. The van der Waals surface area contributed by atoms with E-state index in [0.29, 0.717) is 52.4 Å². The van der Waals surface area contributed by atoms with Crippen molar-refractivity contribution in [1.29, 1.82) is 0 Å². The van der Waals surface area contributed by atoms with Crippen LogP contribution in [0.4, 0.5) is 0 Å². The standard InChI is InChI=1S/C51H31N3O2.C45H27N3O2.C39H23N3O2/c1-3-12-32(13-4-1)34-16-10-19-38(29-34)50-52-49(33-14-5-2-6-15-33)53-51(54-50)39-24-26-42-47(31-39)56-46-23-11-21-40(48(42)46)37-18-9-17-35(28-37)36-25-27-45-43(30-36)41-20-7-8-22-44(41)55-45;1-3-11-28(12-4-1)43-46-44(29-13-5-2-6-14-29)48-45(47-43)33-21-23-36-41(27-33)50-40-20-10-18-34(42(36)40)32-16-9-15-30(25-32)31-22-24-39-37(26-31)35-17-7-8-19-38(35)49-39;1-3-10-24(11-4-1)37-40-38(25-12-5-2-6-13-25)42-39(41-37)27-18-20-30-35(23-27)44-34-17-9-15-28(36(30)34)26-19-21-33-31(22-26)29-14-7-8-16-32(29)43-33/h1-31H;1-27H;1-23H. The summed E-state index contributed by atoms with van der Waals surface area (Å²) in [6.07, 6.45) is 0. The molecule has 0 aliphatic rings. The molecular formula is C135H81N9O6. The third-order valence-corrected chi connectivity index (χ3v) is 28.0. The topological polar surface area (TPSA) is 195 Å². The summed E-state index contributed by atoms with van der Waals surface area (Å²) in [4.78, 5) is 44.4. The van der Waals surface area contributed by atoms with Crippen molar-refractivity contribution in [3.63, 3.8) is 0 Å². The zero-order chi connectivity index (χ0) is 99.1. The molecule has 150 heavy (non-hydrogen) atoms. The Kier molecular flexibility index (Phi) is 21.5. The molecule has 0 radical (unpaired) electrons. The second-order valence-corrected chi connectivity index (χ2v) is 37.3. The van der Waals surface area contributed by atoms with Gasteiger partial charge < -0.3 is 26.5 Å². The van der Waals surface area contributed by atoms with Crippen molar-refractivity contribution in [3.05, 3.63) is 491 Å². The normalized spacial score (nSPS) is 11.6. The van der Waals surface area contributed by atoms with E-state index in [9.17, 15) is 0 Å². The van der Waals surface area contributed by atoms with E-state index in [1.807, 2.05) is 243 Å². The highest BCUT2D eigenvalue weighted by Crippen LogP contribution is 2.47. The fourth-order valence-electron chi connectivity index (χ4n) is 20.7. The number of hydrogen-bond donors (Lipinski definition) is 0. The number of fused-ring (bicyclic) bond motifs is 18. The fourth-order valence-corrected chi connectivity index (χ4v) is 20.7. The summed E-state index contributed by atoms with van der Waals surface area (Å²) in [6, 6.07) is 167. The molecule has 15 heteroatoms. The Morgan fingerprint density at radius 2 is 0.293 bits per heavy atom. The predicted molar refractivity (Wildman–Crippen MR) is 605 cm³/mol.